The van der Waals surface area contributed by atoms with E-state index in [1.54, 1.807) is 0 Å². The second-order valence-electron chi connectivity index (χ2n) is 21.2. The van der Waals surface area contributed by atoms with E-state index < -0.39 is 0 Å². The van der Waals surface area contributed by atoms with E-state index in [0.29, 0.717) is 5.41 Å². The van der Waals surface area contributed by atoms with Crippen LogP contribution in [-0.2, 0) is 27.1 Å². The molecule has 2 spiro atoms. The molecule has 52 heavy (non-hydrogen) atoms. The van der Waals surface area contributed by atoms with Crippen molar-refractivity contribution in [2.24, 2.45) is 29.1 Å². The third kappa shape index (κ3) is 3.78. The number of anilines is 3. The van der Waals surface area contributed by atoms with E-state index in [-0.39, 0.29) is 27.1 Å². The SMILES string of the molecule is CC1(C)CCC(C)(C)c2cc(N(c3ccc4c(c3)Oc3ccccc3C43C4CC5CC6CC3C64C5)c3ccc4c(c3)C(C)(C)CCC4(C)C)ccc21. The van der Waals surface area contributed by atoms with Crippen molar-refractivity contribution in [2.45, 2.75) is 134 Å². The van der Waals surface area contributed by atoms with Gasteiger partial charge in [-0.05, 0) is 161 Å². The van der Waals surface area contributed by atoms with E-state index in [1.807, 2.05) is 0 Å². The Balaban J connectivity index is 1.11. The van der Waals surface area contributed by atoms with Gasteiger partial charge in [0.15, 0.2) is 0 Å². The van der Waals surface area contributed by atoms with Crippen LogP contribution in [0.1, 0.15) is 140 Å². The molecule has 2 nitrogen and oxygen atoms in total. The molecule has 1 heterocycles. The van der Waals surface area contributed by atoms with Crippen molar-refractivity contribution >= 4 is 17.1 Å². The first-order valence-corrected chi connectivity index (χ1v) is 20.7. The molecule has 1 aliphatic heterocycles. The van der Waals surface area contributed by atoms with E-state index in [0.717, 1.165) is 35.2 Å². The number of para-hydroxylation sites is 1. The largest absolute Gasteiger partial charge is 0.457 e. The highest BCUT2D eigenvalue weighted by Gasteiger charge is 2.84. The van der Waals surface area contributed by atoms with Gasteiger partial charge >= 0.3 is 0 Å². The Labute approximate surface area is 312 Å². The number of hydrogen-bond acceptors (Lipinski definition) is 2. The molecular formula is C50H57NO. The highest BCUT2D eigenvalue weighted by Crippen LogP contribution is 2.89. The van der Waals surface area contributed by atoms with Gasteiger partial charge in [0.2, 0.25) is 0 Å². The third-order valence-electron chi connectivity index (χ3n) is 16.9. The van der Waals surface area contributed by atoms with Gasteiger partial charge in [-0.25, -0.2) is 0 Å². The molecule has 4 fully saturated rings. The number of rotatable bonds is 3. The van der Waals surface area contributed by atoms with Crippen LogP contribution in [0.4, 0.5) is 17.1 Å². The Morgan fingerprint density at radius 2 is 1.00 bits per heavy atom. The van der Waals surface area contributed by atoms with Crippen molar-refractivity contribution in [3.8, 4) is 11.5 Å². The summed E-state index contributed by atoms with van der Waals surface area (Å²) in [5.41, 5.74) is 14.0. The van der Waals surface area contributed by atoms with Crippen molar-refractivity contribution in [3.05, 3.63) is 112 Å². The minimum absolute atomic E-state index is 0.0993. The fraction of sp³-hybridized carbons (Fsp3) is 0.520. The summed E-state index contributed by atoms with van der Waals surface area (Å²) < 4.78 is 7.04. The number of benzene rings is 4. The van der Waals surface area contributed by atoms with Gasteiger partial charge in [-0.1, -0.05) is 91.8 Å². The van der Waals surface area contributed by atoms with Crippen molar-refractivity contribution in [2.75, 3.05) is 4.90 Å². The van der Waals surface area contributed by atoms with Gasteiger partial charge in [0.1, 0.15) is 11.5 Å². The maximum Gasteiger partial charge on any atom is 0.133 e. The van der Waals surface area contributed by atoms with Crippen LogP contribution >= 0.6 is 0 Å². The van der Waals surface area contributed by atoms with Crippen LogP contribution in [-0.4, -0.2) is 0 Å². The predicted octanol–water partition coefficient (Wildman–Crippen LogP) is 13.3. The summed E-state index contributed by atoms with van der Waals surface area (Å²) in [6.45, 7) is 19.6. The van der Waals surface area contributed by atoms with Crippen LogP contribution in [0.25, 0.3) is 0 Å². The first kappa shape index (κ1) is 32.0. The van der Waals surface area contributed by atoms with Gasteiger partial charge in [-0.3, -0.25) is 0 Å². The van der Waals surface area contributed by atoms with Crippen molar-refractivity contribution in [3.63, 3.8) is 0 Å². The molecule has 4 saturated carbocycles. The molecule has 0 aromatic heterocycles. The fourth-order valence-electron chi connectivity index (χ4n) is 14.1. The molecule has 4 aromatic rings. The Bertz CT molecular complexity index is 2120. The molecule has 0 saturated heterocycles. The first-order valence-electron chi connectivity index (χ1n) is 20.7. The standard InChI is InChI=1S/C50H57NO/c1-45(2)19-21-47(5,6)39-26-32(13-16-35(39)45)51(33-14-17-36-40(27-33)48(7,8)22-20-46(36,3)4)34-15-18-38-42(28-34)52-41-12-10-9-11-37(41)50(38)43-24-30-23-31-25-44(50)49(31,43)29-30/h9-18,26-28,30-31,43-44H,19-25,29H2,1-8H3. The summed E-state index contributed by atoms with van der Waals surface area (Å²) in [6, 6.07) is 31.3. The number of nitrogens with zero attached hydrogens (tertiary/aromatic N) is 1. The summed E-state index contributed by atoms with van der Waals surface area (Å²) in [4.78, 5) is 2.56. The first-order chi connectivity index (χ1) is 24.7. The lowest BCUT2D eigenvalue weighted by Gasteiger charge is -2.77. The van der Waals surface area contributed by atoms with Gasteiger partial charge < -0.3 is 9.64 Å². The molecule has 268 valence electrons. The predicted molar refractivity (Wildman–Crippen MR) is 214 cm³/mol. The fourth-order valence-corrected chi connectivity index (χ4v) is 14.1. The molecule has 7 aliphatic rings. The maximum atomic E-state index is 7.04. The van der Waals surface area contributed by atoms with Gasteiger partial charge in [-0.2, -0.15) is 0 Å². The van der Waals surface area contributed by atoms with E-state index in [2.05, 4.69) is 139 Å². The van der Waals surface area contributed by atoms with Crippen LogP contribution in [0.15, 0.2) is 78.9 Å². The molecule has 0 N–H and O–H groups in total. The van der Waals surface area contributed by atoms with Crippen LogP contribution in [0.5, 0.6) is 11.5 Å². The Morgan fingerprint density at radius 1 is 0.500 bits per heavy atom. The quantitative estimate of drug-likeness (QED) is 0.213. The Kier molecular flexibility index (Phi) is 6.00. The highest BCUT2D eigenvalue weighted by molar-refractivity contribution is 5.80. The average Bonchev–Trinajstić information content (AvgIpc) is 3.64. The van der Waals surface area contributed by atoms with E-state index in [9.17, 15) is 0 Å². The minimum Gasteiger partial charge on any atom is -0.457 e. The molecule has 6 unspecified atom stereocenters. The maximum absolute atomic E-state index is 7.04. The number of fused-ring (bicyclic) bond motifs is 9. The molecule has 4 aromatic carbocycles. The lowest BCUT2D eigenvalue weighted by Crippen LogP contribution is -2.74. The minimum atomic E-state index is 0.0993. The number of ether oxygens (including phenoxy) is 1. The normalized spacial score (nSPS) is 33.7. The van der Waals surface area contributed by atoms with Crippen molar-refractivity contribution in [1.82, 2.24) is 0 Å². The smallest absolute Gasteiger partial charge is 0.133 e. The summed E-state index contributed by atoms with van der Waals surface area (Å²) in [5.74, 6) is 5.59. The van der Waals surface area contributed by atoms with Crippen LogP contribution < -0.4 is 9.64 Å². The monoisotopic (exact) mass is 687 g/mol. The summed E-state index contributed by atoms with van der Waals surface area (Å²) in [7, 11) is 0. The van der Waals surface area contributed by atoms with E-state index in [1.165, 1.54) is 102 Å². The Morgan fingerprint density at radius 3 is 1.60 bits per heavy atom. The molecule has 11 rings (SSSR count). The van der Waals surface area contributed by atoms with Crippen LogP contribution in [0.2, 0.25) is 0 Å². The summed E-state index contributed by atoms with van der Waals surface area (Å²) >= 11 is 0. The second-order valence-corrected chi connectivity index (χ2v) is 21.2. The number of hydrogen-bond donors (Lipinski definition) is 0. The molecule has 6 aliphatic carbocycles. The zero-order valence-corrected chi connectivity index (χ0v) is 32.8. The van der Waals surface area contributed by atoms with Gasteiger partial charge in [-0.15, -0.1) is 0 Å². The van der Waals surface area contributed by atoms with Gasteiger partial charge in [0.25, 0.3) is 0 Å². The van der Waals surface area contributed by atoms with E-state index in [4.69, 9.17) is 4.74 Å². The lowest BCUT2D eigenvalue weighted by atomic mass is 9.26. The molecule has 0 amide bonds. The third-order valence-corrected chi connectivity index (χ3v) is 16.9. The molecule has 2 bridgehead atoms. The molecule has 0 radical (unpaired) electrons. The molecule has 2 heteroatoms. The van der Waals surface area contributed by atoms with Crippen molar-refractivity contribution < 1.29 is 4.74 Å². The topological polar surface area (TPSA) is 12.5 Å². The van der Waals surface area contributed by atoms with Crippen LogP contribution in [0.3, 0.4) is 0 Å². The summed E-state index contributed by atoms with van der Waals surface area (Å²) in [6.07, 6.45) is 10.6. The van der Waals surface area contributed by atoms with Crippen molar-refractivity contribution in [1.29, 1.82) is 0 Å². The Hall–Kier alpha value is -3.52. The van der Waals surface area contributed by atoms with Gasteiger partial charge in [0, 0.05) is 39.7 Å². The highest BCUT2D eigenvalue weighted by atomic mass is 16.5. The second kappa shape index (κ2) is 9.77. The average molecular weight is 688 g/mol. The zero-order valence-electron chi connectivity index (χ0n) is 32.8. The molecular weight excluding hydrogens is 631 g/mol. The van der Waals surface area contributed by atoms with Gasteiger partial charge in [0.05, 0.1) is 0 Å². The zero-order chi connectivity index (χ0) is 35.8. The lowest BCUT2D eigenvalue weighted by molar-refractivity contribution is -0.235. The van der Waals surface area contributed by atoms with E-state index >= 15 is 0 Å². The summed E-state index contributed by atoms with van der Waals surface area (Å²) in [5, 5.41) is 0. The van der Waals surface area contributed by atoms with Crippen LogP contribution in [0, 0.1) is 29.1 Å². The molecule has 6 atom stereocenters.